The van der Waals surface area contributed by atoms with Gasteiger partial charge in [-0.05, 0) is 73.0 Å². The molecule has 0 aliphatic carbocycles. The van der Waals surface area contributed by atoms with E-state index in [-0.39, 0.29) is 0 Å². The molecule has 1 rings (SSSR count). The van der Waals surface area contributed by atoms with Crippen molar-refractivity contribution in [3.8, 4) is 0 Å². The SMILES string of the molecule is CCC(CC)c1cc(C(CC)CC)c(Cl)c(C(CC)CC)c1. The van der Waals surface area contributed by atoms with Crippen LogP contribution < -0.4 is 0 Å². The van der Waals surface area contributed by atoms with E-state index in [0.717, 1.165) is 5.02 Å². The van der Waals surface area contributed by atoms with Crippen LogP contribution in [0.5, 0.6) is 0 Å². The van der Waals surface area contributed by atoms with E-state index in [1.165, 1.54) is 55.2 Å². The average molecular weight is 323 g/mol. The topological polar surface area (TPSA) is 0 Å². The third-order valence-corrected chi connectivity index (χ3v) is 5.90. The first-order valence-electron chi connectivity index (χ1n) is 9.40. The van der Waals surface area contributed by atoms with Gasteiger partial charge in [0.25, 0.3) is 0 Å². The van der Waals surface area contributed by atoms with Gasteiger partial charge in [-0.3, -0.25) is 0 Å². The van der Waals surface area contributed by atoms with E-state index in [1.54, 1.807) is 0 Å². The van der Waals surface area contributed by atoms with Crippen LogP contribution in [0.3, 0.4) is 0 Å². The molecule has 0 atom stereocenters. The Morgan fingerprint density at radius 1 is 0.636 bits per heavy atom. The second kappa shape index (κ2) is 9.60. The van der Waals surface area contributed by atoms with Crippen molar-refractivity contribution in [2.24, 2.45) is 0 Å². The van der Waals surface area contributed by atoms with Crippen LogP contribution >= 0.6 is 11.6 Å². The molecule has 0 heterocycles. The minimum Gasteiger partial charge on any atom is -0.0837 e. The van der Waals surface area contributed by atoms with Crippen LogP contribution in [0, 0.1) is 0 Å². The molecule has 0 aromatic heterocycles. The van der Waals surface area contributed by atoms with Gasteiger partial charge in [0.15, 0.2) is 0 Å². The Hall–Kier alpha value is -0.490. The highest BCUT2D eigenvalue weighted by Gasteiger charge is 2.21. The van der Waals surface area contributed by atoms with E-state index in [0.29, 0.717) is 17.8 Å². The maximum atomic E-state index is 6.88. The van der Waals surface area contributed by atoms with Crippen molar-refractivity contribution in [2.45, 2.75) is 97.8 Å². The molecule has 0 amide bonds. The molecule has 1 aromatic rings. The first-order chi connectivity index (χ1) is 10.6. The van der Waals surface area contributed by atoms with Crippen molar-refractivity contribution >= 4 is 11.6 Å². The number of halogens is 1. The molecule has 0 unspecified atom stereocenters. The highest BCUT2D eigenvalue weighted by Crippen LogP contribution is 2.40. The number of rotatable bonds is 9. The molecule has 0 fully saturated rings. The third kappa shape index (κ3) is 4.28. The Morgan fingerprint density at radius 3 is 1.23 bits per heavy atom. The summed E-state index contributed by atoms with van der Waals surface area (Å²) in [5, 5.41) is 1.05. The molecule has 0 bridgehead atoms. The van der Waals surface area contributed by atoms with Crippen molar-refractivity contribution in [1.29, 1.82) is 0 Å². The average Bonchev–Trinajstić information content (AvgIpc) is 2.54. The van der Waals surface area contributed by atoms with E-state index in [1.807, 2.05) is 0 Å². The molecule has 0 spiro atoms. The molecule has 22 heavy (non-hydrogen) atoms. The fraction of sp³-hybridized carbons (Fsp3) is 0.714. The summed E-state index contributed by atoms with van der Waals surface area (Å²) in [6.45, 7) is 13.7. The van der Waals surface area contributed by atoms with Gasteiger partial charge in [0.2, 0.25) is 0 Å². The lowest BCUT2D eigenvalue weighted by Crippen LogP contribution is -2.07. The maximum absolute atomic E-state index is 6.88. The van der Waals surface area contributed by atoms with Crippen LogP contribution in [-0.2, 0) is 0 Å². The molecule has 0 saturated carbocycles. The van der Waals surface area contributed by atoms with Gasteiger partial charge >= 0.3 is 0 Å². The van der Waals surface area contributed by atoms with Crippen LogP contribution in [0.15, 0.2) is 12.1 Å². The van der Waals surface area contributed by atoms with Gasteiger partial charge in [0.05, 0.1) is 0 Å². The predicted octanol–water partition coefficient (Wildman–Crippen LogP) is 8.05. The summed E-state index contributed by atoms with van der Waals surface area (Å²) in [6, 6.07) is 4.84. The van der Waals surface area contributed by atoms with E-state index in [2.05, 4.69) is 53.7 Å². The predicted molar refractivity (Wildman–Crippen MR) is 101 cm³/mol. The standard InChI is InChI=1S/C21H35Cl/c1-7-15(8-2)18-13-19(16(9-3)10-4)21(22)20(14-18)17(11-5)12-6/h13-17H,7-12H2,1-6H3. The summed E-state index contributed by atoms with van der Waals surface area (Å²) in [7, 11) is 0. The first kappa shape index (κ1) is 19.6. The third-order valence-electron chi connectivity index (χ3n) is 5.46. The Kier molecular flexibility index (Phi) is 8.54. The number of hydrogen-bond acceptors (Lipinski definition) is 0. The minimum atomic E-state index is 0.593. The molecule has 0 aliphatic heterocycles. The summed E-state index contributed by atoms with van der Waals surface area (Å²) in [5.74, 6) is 1.85. The molecule has 0 saturated heterocycles. The van der Waals surface area contributed by atoms with Crippen molar-refractivity contribution in [3.05, 3.63) is 33.8 Å². The molecular formula is C21H35Cl. The highest BCUT2D eigenvalue weighted by molar-refractivity contribution is 6.32. The zero-order chi connectivity index (χ0) is 16.7. The summed E-state index contributed by atoms with van der Waals surface area (Å²) in [6.07, 6.45) is 7.11. The molecule has 0 N–H and O–H groups in total. The monoisotopic (exact) mass is 322 g/mol. The second-order valence-corrected chi connectivity index (χ2v) is 6.93. The van der Waals surface area contributed by atoms with Crippen molar-refractivity contribution < 1.29 is 0 Å². The highest BCUT2D eigenvalue weighted by atomic mass is 35.5. The summed E-state index contributed by atoms with van der Waals surface area (Å²) < 4.78 is 0. The lowest BCUT2D eigenvalue weighted by atomic mass is 9.82. The van der Waals surface area contributed by atoms with E-state index >= 15 is 0 Å². The smallest absolute Gasteiger partial charge is 0.0475 e. The van der Waals surface area contributed by atoms with E-state index < -0.39 is 0 Å². The van der Waals surface area contributed by atoms with E-state index in [9.17, 15) is 0 Å². The van der Waals surface area contributed by atoms with Gasteiger partial charge in [-0.1, -0.05) is 65.3 Å². The zero-order valence-electron chi connectivity index (χ0n) is 15.5. The van der Waals surface area contributed by atoms with Crippen molar-refractivity contribution in [2.75, 3.05) is 0 Å². The number of hydrogen-bond donors (Lipinski definition) is 0. The van der Waals surface area contributed by atoms with Crippen molar-refractivity contribution in [3.63, 3.8) is 0 Å². The summed E-state index contributed by atoms with van der Waals surface area (Å²) in [4.78, 5) is 0. The minimum absolute atomic E-state index is 0.593. The lowest BCUT2D eigenvalue weighted by molar-refractivity contribution is 0.607. The zero-order valence-corrected chi connectivity index (χ0v) is 16.3. The summed E-state index contributed by atoms with van der Waals surface area (Å²) >= 11 is 6.88. The van der Waals surface area contributed by atoms with Gasteiger partial charge in [0, 0.05) is 5.02 Å². The maximum Gasteiger partial charge on any atom is 0.0475 e. The van der Waals surface area contributed by atoms with Gasteiger partial charge in [-0.25, -0.2) is 0 Å². The van der Waals surface area contributed by atoms with E-state index in [4.69, 9.17) is 11.6 Å². The quantitative estimate of drug-likeness (QED) is 0.431. The Labute approximate surface area is 143 Å². The Bertz CT molecular complexity index is 404. The molecular weight excluding hydrogens is 288 g/mol. The fourth-order valence-corrected chi connectivity index (χ4v) is 4.16. The van der Waals surface area contributed by atoms with Gasteiger partial charge < -0.3 is 0 Å². The number of benzene rings is 1. The molecule has 0 nitrogen and oxygen atoms in total. The van der Waals surface area contributed by atoms with Gasteiger partial charge in [-0.2, -0.15) is 0 Å². The fourth-order valence-electron chi connectivity index (χ4n) is 3.74. The second-order valence-electron chi connectivity index (χ2n) is 6.55. The first-order valence-corrected chi connectivity index (χ1v) is 9.78. The Morgan fingerprint density at radius 2 is 0.955 bits per heavy atom. The largest absolute Gasteiger partial charge is 0.0837 e. The normalized spacial score (nSPS) is 11.9. The molecule has 0 radical (unpaired) electrons. The van der Waals surface area contributed by atoms with Crippen LogP contribution in [-0.4, -0.2) is 0 Å². The molecule has 1 heteroatoms. The van der Waals surface area contributed by atoms with Crippen molar-refractivity contribution in [1.82, 2.24) is 0 Å². The molecule has 1 aromatic carbocycles. The molecule has 126 valence electrons. The van der Waals surface area contributed by atoms with Crippen LogP contribution in [0.25, 0.3) is 0 Å². The molecule has 0 aliphatic rings. The van der Waals surface area contributed by atoms with Crippen LogP contribution in [0.1, 0.15) is 115 Å². The summed E-state index contributed by atoms with van der Waals surface area (Å²) in [5.41, 5.74) is 4.31. The van der Waals surface area contributed by atoms with Gasteiger partial charge in [0.1, 0.15) is 0 Å². The lowest BCUT2D eigenvalue weighted by Gasteiger charge is -2.25. The van der Waals surface area contributed by atoms with Crippen LogP contribution in [0.2, 0.25) is 5.02 Å². The van der Waals surface area contributed by atoms with Gasteiger partial charge in [-0.15, -0.1) is 0 Å². The Balaban J connectivity index is 3.48. The van der Waals surface area contributed by atoms with Crippen LogP contribution in [0.4, 0.5) is 0 Å².